The van der Waals surface area contributed by atoms with Gasteiger partial charge in [0.25, 0.3) is 5.91 Å². The van der Waals surface area contributed by atoms with Crippen molar-refractivity contribution in [3.05, 3.63) is 71.3 Å². The zero-order chi connectivity index (χ0) is 28.0. The molecule has 7 nitrogen and oxygen atoms in total. The highest BCUT2D eigenvalue weighted by molar-refractivity contribution is 5.98. The van der Waals surface area contributed by atoms with E-state index in [9.17, 15) is 14.4 Å². The summed E-state index contributed by atoms with van der Waals surface area (Å²) < 4.78 is 0. The Morgan fingerprint density at radius 3 is 2.38 bits per heavy atom. The molecular formula is C32H44N4O3. The molecule has 0 aromatic heterocycles. The molecule has 2 unspecified atom stereocenters. The molecule has 1 N–H and O–H groups in total. The van der Waals surface area contributed by atoms with Crippen molar-refractivity contribution >= 4 is 17.7 Å². The molecule has 2 heterocycles. The minimum atomic E-state index is -0.580. The van der Waals surface area contributed by atoms with Crippen molar-refractivity contribution in [2.75, 3.05) is 39.3 Å². The number of carbonyl (C=O) groups excluding carboxylic acids is 3. The normalized spacial score (nSPS) is 20.0. The van der Waals surface area contributed by atoms with Crippen LogP contribution in [0.2, 0.25) is 0 Å². The van der Waals surface area contributed by atoms with Gasteiger partial charge in [0.2, 0.25) is 11.8 Å². The van der Waals surface area contributed by atoms with Crippen LogP contribution >= 0.6 is 0 Å². The second-order valence-corrected chi connectivity index (χ2v) is 12.2. The van der Waals surface area contributed by atoms with Crippen LogP contribution in [0.4, 0.5) is 0 Å². The van der Waals surface area contributed by atoms with E-state index < -0.39 is 6.04 Å². The molecule has 2 saturated heterocycles. The fourth-order valence-corrected chi connectivity index (χ4v) is 5.60. The molecule has 3 amide bonds. The number of likely N-dealkylation sites (tertiary alicyclic amines) is 1. The average molecular weight is 533 g/mol. The van der Waals surface area contributed by atoms with Crippen LogP contribution in [0, 0.1) is 12.3 Å². The lowest BCUT2D eigenvalue weighted by atomic mass is 9.91. The first kappa shape index (κ1) is 28.8. The van der Waals surface area contributed by atoms with Gasteiger partial charge in [0.05, 0.1) is 6.04 Å². The van der Waals surface area contributed by atoms with Crippen LogP contribution in [0.3, 0.4) is 0 Å². The number of amides is 3. The smallest absolute Gasteiger partial charge is 0.254 e. The van der Waals surface area contributed by atoms with Gasteiger partial charge in [-0.1, -0.05) is 68.8 Å². The number of hydrogen-bond acceptors (Lipinski definition) is 4. The summed E-state index contributed by atoms with van der Waals surface area (Å²) >= 11 is 0. The maximum Gasteiger partial charge on any atom is 0.254 e. The zero-order valence-corrected chi connectivity index (χ0v) is 24.0. The Kier molecular flexibility index (Phi) is 9.44. The molecule has 0 aliphatic carbocycles. The van der Waals surface area contributed by atoms with Crippen molar-refractivity contribution in [3.63, 3.8) is 0 Å². The second kappa shape index (κ2) is 12.8. The fraction of sp³-hybridized carbons (Fsp3) is 0.531. The van der Waals surface area contributed by atoms with E-state index in [4.69, 9.17) is 0 Å². The van der Waals surface area contributed by atoms with Crippen LogP contribution in [-0.2, 0) is 16.0 Å². The first-order valence-electron chi connectivity index (χ1n) is 14.3. The number of hydrogen-bond donors (Lipinski definition) is 1. The van der Waals surface area contributed by atoms with E-state index in [1.165, 1.54) is 5.56 Å². The molecule has 0 radical (unpaired) electrons. The van der Waals surface area contributed by atoms with Crippen molar-refractivity contribution in [1.29, 1.82) is 0 Å². The lowest BCUT2D eigenvalue weighted by molar-refractivity contribution is -0.137. The maximum atomic E-state index is 13.9. The minimum absolute atomic E-state index is 0.00654. The Hall–Kier alpha value is -3.19. The summed E-state index contributed by atoms with van der Waals surface area (Å²) in [6.45, 7) is 12.1. The monoisotopic (exact) mass is 532 g/mol. The quantitative estimate of drug-likeness (QED) is 0.587. The Labute approximate surface area is 233 Å². The van der Waals surface area contributed by atoms with Gasteiger partial charge in [0.15, 0.2) is 0 Å². The van der Waals surface area contributed by atoms with Crippen molar-refractivity contribution in [1.82, 2.24) is 20.0 Å². The molecule has 0 saturated carbocycles. The summed E-state index contributed by atoms with van der Waals surface area (Å²) in [6.07, 6.45) is 2.50. The molecule has 210 valence electrons. The van der Waals surface area contributed by atoms with Crippen molar-refractivity contribution in [3.8, 4) is 0 Å². The summed E-state index contributed by atoms with van der Waals surface area (Å²) in [5.74, 6) is -0.0683. The van der Waals surface area contributed by atoms with Crippen molar-refractivity contribution < 1.29 is 14.4 Å². The molecule has 2 fully saturated rings. The summed E-state index contributed by atoms with van der Waals surface area (Å²) in [4.78, 5) is 47.0. The van der Waals surface area contributed by atoms with Crippen LogP contribution in [0.15, 0.2) is 54.6 Å². The number of nitrogens with one attached hydrogen (secondary N) is 1. The lowest BCUT2D eigenvalue weighted by Crippen LogP contribution is -2.48. The van der Waals surface area contributed by atoms with Crippen LogP contribution in [-0.4, -0.2) is 83.8 Å². The Morgan fingerprint density at radius 1 is 0.974 bits per heavy atom. The largest absolute Gasteiger partial charge is 0.340 e. The van der Waals surface area contributed by atoms with Gasteiger partial charge in [0.1, 0.15) is 6.04 Å². The second-order valence-electron chi connectivity index (χ2n) is 12.2. The van der Waals surface area contributed by atoms with Crippen LogP contribution in [0.1, 0.15) is 61.5 Å². The summed E-state index contributed by atoms with van der Waals surface area (Å²) in [6, 6.07) is 16.9. The fourth-order valence-electron chi connectivity index (χ4n) is 5.60. The zero-order valence-electron chi connectivity index (χ0n) is 24.0. The number of carbonyl (C=O) groups is 3. The number of rotatable bonds is 7. The first-order chi connectivity index (χ1) is 18.6. The number of nitrogens with zero attached hydrogens (tertiary/aromatic N) is 3. The summed E-state index contributed by atoms with van der Waals surface area (Å²) in [5, 5.41) is 3.36. The molecule has 0 spiro atoms. The molecule has 4 rings (SSSR count). The molecule has 39 heavy (non-hydrogen) atoms. The molecule has 7 heteroatoms. The highest BCUT2D eigenvalue weighted by Gasteiger charge is 2.44. The van der Waals surface area contributed by atoms with Gasteiger partial charge >= 0.3 is 0 Å². The van der Waals surface area contributed by atoms with Gasteiger partial charge in [-0.3, -0.25) is 14.4 Å². The predicted molar refractivity (Wildman–Crippen MR) is 154 cm³/mol. The number of aryl methyl sites for hydroxylation is 1. The van der Waals surface area contributed by atoms with E-state index in [1.54, 1.807) is 4.90 Å². The SMILES string of the molecule is Cc1ccc(C(=O)N2CC(N(CCc3ccccc3)C(=O)CC(C)(C)C)CC2C(=O)N2CCCNCC2)cc1. The third-order valence-corrected chi connectivity index (χ3v) is 7.70. The highest BCUT2D eigenvalue weighted by atomic mass is 16.2. The van der Waals surface area contributed by atoms with Crippen LogP contribution < -0.4 is 5.32 Å². The molecule has 2 aliphatic heterocycles. The van der Waals surface area contributed by atoms with E-state index in [0.29, 0.717) is 44.6 Å². The highest BCUT2D eigenvalue weighted by Crippen LogP contribution is 2.29. The molecule has 2 aromatic rings. The first-order valence-corrected chi connectivity index (χ1v) is 14.3. The average Bonchev–Trinajstić information content (AvgIpc) is 3.14. The predicted octanol–water partition coefficient (Wildman–Crippen LogP) is 3.91. The summed E-state index contributed by atoms with van der Waals surface area (Å²) in [5.41, 5.74) is 2.66. The van der Waals surface area contributed by atoms with E-state index in [1.807, 2.05) is 59.2 Å². The van der Waals surface area contributed by atoms with Crippen LogP contribution in [0.5, 0.6) is 0 Å². The van der Waals surface area contributed by atoms with Crippen molar-refractivity contribution in [2.45, 2.75) is 65.5 Å². The maximum absolute atomic E-state index is 13.9. The van der Waals surface area contributed by atoms with Gasteiger partial charge < -0.3 is 20.0 Å². The molecule has 2 aromatic carbocycles. The Morgan fingerprint density at radius 2 is 1.69 bits per heavy atom. The third-order valence-electron chi connectivity index (χ3n) is 7.70. The molecule has 0 bridgehead atoms. The van der Waals surface area contributed by atoms with Crippen LogP contribution in [0.25, 0.3) is 0 Å². The summed E-state index contributed by atoms with van der Waals surface area (Å²) in [7, 11) is 0. The third kappa shape index (κ3) is 7.69. The van der Waals surface area contributed by atoms with Gasteiger partial charge in [-0.2, -0.15) is 0 Å². The molecular weight excluding hydrogens is 488 g/mol. The Bertz CT molecular complexity index is 1120. The minimum Gasteiger partial charge on any atom is -0.340 e. The van der Waals surface area contributed by atoms with Crippen molar-refractivity contribution in [2.24, 2.45) is 5.41 Å². The van der Waals surface area contributed by atoms with E-state index in [-0.39, 0.29) is 29.2 Å². The van der Waals surface area contributed by atoms with E-state index in [2.05, 4.69) is 38.2 Å². The molecule has 2 atom stereocenters. The number of benzene rings is 2. The standard InChI is InChI=1S/C32H44N4O3/c1-24-11-13-26(14-12-24)30(38)36-23-27(21-28(36)31(39)34-18-8-16-33-17-20-34)35(29(37)22-32(2,3)4)19-15-25-9-6-5-7-10-25/h5-7,9-14,27-28,33H,8,15-23H2,1-4H3. The Balaban J connectivity index is 1.62. The topological polar surface area (TPSA) is 73.0 Å². The lowest BCUT2D eigenvalue weighted by Gasteiger charge is -2.32. The van der Waals surface area contributed by atoms with Gasteiger partial charge in [-0.25, -0.2) is 0 Å². The van der Waals surface area contributed by atoms with Gasteiger partial charge in [0, 0.05) is 44.7 Å². The van der Waals surface area contributed by atoms with E-state index >= 15 is 0 Å². The van der Waals surface area contributed by atoms with Gasteiger partial charge in [-0.15, -0.1) is 0 Å². The van der Waals surface area contributed by atoms with Gasteiger partial charge in [-0.05, 0) is 55.8 Å². The molecule has 2 aliphatic rings. The van der Waals surface area contributed by atoms with E-state index in [0.717, 1.165) is 31.5 Å².